The second-order valence-electron chi connectivity index (χ2n) is 10.9. The van der Waals surface area contributed by atoms with Crippen molar-refractivity contribution in [1.29, 1.82) is 0 Å². The van der Waals surface area contributed by atoms with E-state index in [2.05, 4.69) is 16.0 Å². The van der Waals surface area contributed by atoms with Crippen LogP contribution < -0.4 is 16.0 Å². The number of alkyl carbamates (subject to hydrolysis) is 1. The maximum Gasteiger partial charge on any atom is 0.407 e. The number of methoxy groups -OCH3 is 1. The van der Waals surface area contributed by atoms with E-state index in [0.717, 1.165) is 37.6 Å². The lowest BCUT2D eigenvalue weighted by atomic mass is 9.84. The number of anilines is 1. The normalized spacial score (nSPS) is 18.6. The molecule has 0 radical (unpaired) electrons. The van der Waals surface area contributed by atoms with E-state index in [1.807, 2.05) is 0 Å². The van der Waals surface area contributed by atoms with E-state index in [0.29, 0.717) is 19.2 Å². The molecule has 0 unspecified atom stereocenters. The number of nitrogens with one attached hydrogen (secondary N) is 3. The highest BCUT2D eigenvalue weighted by molar-refractivity contribution is 7.88. The Kier molecular flexibility index (Phi) is 10.8. The van der Waals surface area contributed by atoms with Gasteiger partial charge in [0.05, 0.1) is 13.4 Å². The van der Waals surface area contributed by atoms with E-state index in [1.54, 1.807) is 6.92 Å². The maximum absolute atomic E-state index is 15.2. The van der Waals surface area contributed by atoms with Crippen molar-refractivity contribution in [1.82, 2.24) is 14.9 Å². The zero-order valence-corrected chi connectivity index (χ0v) is 25.6. The molecule has 0 bridgehead atoms. The van der Waals surface area contributed by atoms with E-state index >= 15 is 4.39 Å². The molecule has 45 heavy (non-hydrogen) atoms. The predicted octanol–water partition coefficient (Wildman–Crippen LogP) is 4.29. The summed E-state index contributed by atoms with van der Waals surface area (Å²) >= 11 is 0. The Bertz CT molecular complexity index is 1620. The largest absolute Gasteiger partial charge is 0.453 e. The van der Waals surface area contributed by atoms with Crippen molar-refractivity contribution in [3.8, 4) is 0 Å². The first-order chi connectivity index (χ1) is 21.3. The molecule has 0 spiro atoms. The molecule has 14 heteroatoms. The van der Waals surface area contributed by atoms with Crippen molar-refractivity contribution in [2.45, 2.75) is 43.8 Å². The number of carbonyl (C=O) groups excluding carboxylic acids is 2. The predicted molar refractivity (Wildman–Crippen MR) is 160 cm³/mol. The fourth-order valence-electron chi connectivity index (χ4n) is 5.77. The molecule has 1 fully saturated rings. The highest BCUT2D eigenvalue weighted by Crippen LogP contribution is 2.32. The molecule has 0 aromatic heterocycles. The van der Waals surface area contributed by atoms with Gasteiger partial charge in [0.2, 0.25) is 15.9 Å². The molecule has 242 valence electrons. The molecule has 0 saturated carbocycles. The van der Waals surface area contributed by atoms with Crippen LogP contribution in [-0.4, -0.2) is 69.3 Å². The van der Waals surface area contributed by atoms with Crippen molar-refractivity contribution in [3.63, 3.8) is 0 Å². The summed E-state index contributed by atoms with van der Waals surface area (Å²) in [5.74, 6) is -5.30. The Labute approximate surface area is 259 Å². The summed E-state index contributed by atoms with van der Waals surface area (Å²) in [6, 6.07) is 9.03. The summed E-state index contributed by atoms with van der Waals surface area (Å²) in [6.07, 6.45) is 0.337. The van der Waals surface area contributed by atoms with Gasteiger partial charge in [0.1, 0.15) is 29.3 Å². The van der Waals surface area contributed by atoms with Gasteiger partial charge in [-0.15, -0.1) is 0 Å². The lowest BCUT2D eigenvalue weighted by Gasteiger charge is -2.39. The average Bonchev–Trinajstić information content (AvgIpc) is 2.96. The number of piperazine rings is 1. The average molecular weight is 651 g/mol. The Morgan fingerprint density at radius 2 is 1.64 bits per heavy atom. The topological polar surface area (TPSA) is 117 Å². The third-order valence-corrected chi connectivity index (χ3v) is 9.07. The van der Waals surface area contributed by atoms with E-state index in [4.69, 9.17) is 4.74 Å². The number of ether oxygens (including phenoxy) is 1. The molecule has 4 atom stereocenters. The summed E-state index contributed by atoms with van der Waals surface area (Å²) in [4.78, 5) is 26.4. The zero-order valence-electron chi connectivity index (χ0n) is 24.8. The minimum absolute atomic E-state index is 0.0406. The van der Waals surface area contributed by atoms with Gasteiger partial charge in [0.15, 0.2) is 0 Å². The molecule has 4 rings (SSSR count). The van der Waals surface area contributed by atoms with Gasteiger partial charge in [-0.3, -0.25) is 4.79 Å². The fourth-order valence-corrected chi connectivity index (χ4v) is 7.22. The first-order valence-electron chi connectivity index (χ1n) is 14.1. The number of rotatable bonds is 10. The zero-order chi connectivity index (χ0) is 32.9. The van der Waals surface area contributed by atoms with Crippen LogP contribution in [0, 0.1) is 23.3 Å². The van der Waals surface area contributed by atoms with Gasteiger partial charge >= 0.3 is 6.09 Å². The van der Waals surface area contributed by atoms with Crippen LogP contribution in [0.25, 0.3) is 0 Å². The number of hydrogen-bond donors (Lipinski definition) is 3. The third kappa shape index (κ3) is 8.38. The van der Waals surface area contributed by atoms with Gasteiger partial charge in [-0.1, -0.05) is 18.2 Å². The monoisotopic (exact) mass is 650 g/mol. The molecule has 3 aromatic carbocycles. The fraction of sp³-hybridized carbons (Fsp3) is 0.355. The Morgan fingerprint density at radius 1 is 0.978 bits per heavy atom. The second kappa shape index (κ2) is 14.4. The number of nitrogens with zero attached hydrogens (tertiary/aromatic N) is 1. The smallest absolute Gasteiger partial charge is 0.407 e. The van der Waals surface area contributed by atoms with Gasteiger partial charge in [0.25, 0.3) is 0 Å². The van der Waals surface area contributed by atoms with Gasteiger partial charge in [0, 0.05) is 48.4 Å². The molecule has 1 aliphatic rings. The third-order valence-electron chi connectivity index (χ3n) is 7.65. The molecule has 9 nitrogen and oxygen atoms in total. The van der Waals surface area contributed by atoms with Crippen LogP contribution >= 0.6 is 0 Å². The first-order valence-corrected chi connectivity index (χ1v) is 16.0. The van der Waals surface area contributed by atoms with Gasteiger partial charge in [-0.05, 0) is 67.3 Å². The first kappa shape index (κ1) is 33.9. The second-order valence-corrected chi connectivity index (χ2v) is 12.8. The summed E-state index contributed by atoms with van der Waals surface area (Å²) < 4.78 is 88.9. The molecule has 3 N–H and O–H groups in total. The van der Waals surface area contributed by atoms with E-state index in [9.17, 15) is 31.2 Å². The molecule has 2 amide bonds. The van der Waals surface area contributed by atoms with E-state index < -0.39 is 63.3 Å². The van der Waals surface area contributed by atoms with Crippen LogP contribution in [0.3, 0.4) is 0 Å². The van der Waals surface area contributed by atoms with E-state index in [1.165, 1.54) is 34.6 Å². The van der Waals surface area contributed by atoms with Crippen LogP contribution in [0.5, 0.6) is 0 Å². The van der Waals surface area contributed by atoms with Gasteiger partial charge < -0.3 is 20.7 Å². The van der Waals surface area contributed by atoms with Crippen LogP contribution in [0.4, 0.5) is 28.0 Å². The minimum atomic E-state index is -3.56. The van der Waals surface area contributed by atoms with Crippen molar-refractivity contribution in [2.75, 3.05) is 31.8 Å². The molecule has 1 saturated heterocycles. The number of carbonyl (C=O) groups is 2. The molecular formula is C31H34F4N4O5S. The summed E-state index contributed by atoms with van der Waals surface area (Å²) in [5, 5.41) is 8.20. The number of halogens is 4. The summed E-state index contributed by atoms with van der Waals surface area (Å²) in [7, 11) is -2.50. The summed E-state index contributed by atoms with van der Waals surface area (Å²) in [6.45, 7) is 2.58. The lowest BCUT2D eigenvalue weighted by molar-refractivity contribution is -0.118. The number of hydrogen-bond acceptors (Lipinski definition) is 6. The molecular weight excluding hydrogens is 616 g/mol. The summed E-state index contributed by atoms with van der Waals surface area (Å²) in [5.41, 5.74) is 0.319. The van der Waals surface area contributed by atoms with Crippen LogP contribution in [-0.2, 0) is 26.0 Å². The van der Waals surface area contributed by atoms with Crippen LogP contribution in [0.2, 0.25) is 0 Å². The maximum atomic E-state index is 15.2. The minimum Gasteiger partial charge on any atom is -0.453 e. The van der Waals surface area contributed by atoms with Gasteiger partial charge in [-0.2, -0.15) is 4.31 Å². The molecule has 1 aliphatic heterocycles. The number of benzene rings is 3. The highest BCUT2D eigenvalue weighted by atomic mass is 32.2. The SMILES string of the molecule is COC(=O)N[C@H](C(=O)Nc1cccc(F)c1CC[C@H]1CNC[C@H](C)N1S(C)(=O)=O)[C@@H](c1ccc(F)cc1)c1cc(F)cc(F)c1. The van der Waals surface area contributed by atoms with Crippen molar-refractivity contribution in [2.24, 2.45) is 0 Å². The van der Waals surface area contributed by atoms with Crippen molar-refractivity contribution in [3.05, 3.63) is 101 Å². The van der Waals surface area contributed by atoms with Crippen molar-refractivity contribution < 1.29 is 40.3 Å². The van der Waals surface area contributed by atoms with Crippen LogP contribution in [0.1, 0.15) is 36.0 Å². The molecule has 0 aliphatic carbocycles. The van der Waals surface area contributed by atoms with Crippen molar-refractivity contribution >= 4 is 27.7 Å². The Morgan fingerprint density at radius 3 is 2.27 bits per heavy atom. The highest BCUT2D eigenvalue weighted by Gasteiger charge is 2.36. The van der Waals surface area contributed by atoms with Gasteiger partial charge in [-0.25, -0.2) is 30.8 Å². The Hall–Kier alpha value is -4.01. The number of sulfonamides is 1. The Balaban J connectivity index is 1.70. The quantitative estimate of drug-likeness (QED) is 0.282. The standard InChI is InChI=1S/C31H34F4N4O5S/c1-18-16-36-17-24(39(18)45(3,42)43)11-12-25-26(35)5-4-6-27(25)37-30(40)29(38-31(41)44-2)28(19-7-9-21(32)10-8-19)20-13-22(33)15-23(34)14-20/h4-10,13-15,18,24,28-29,36H,11-12,16-17H2,1-3H3,(H,37,40)(H,38,41)/t18-,24-,28-,29-/m0/s1. The molecule has 3 aromatic rings. The van der Waals surface area contributed by atoms with Crippen LogP contribution in [0.15, 0.2) is 60.7 Å². The lowest BCUT2D eigenvalue weighted by Crippen LogP contribution is -2.58. The molecule has 1 heterocycles. The number of amides is 2. The van der Waals surface area contributed by atoms with E-state index in [-0.39, 0.29) is 41.3 Å².